The van der Waals surface area contributed by atoms with Crippen molar-refractivity contribution in [2.45, 2.75) is 186 Å². The summed E-state index contributed by atoms with van der Waals surface area (Å²) in [6.45, 7) is -3.25. The van der Waals surface area contributed by atoms with Gasteiger partial charge in [0.25, 0.3) is 5.79 Å². The van der Waals surface area contributed by atoms with Gasteiger partial charge in [-0.25, -0.2) is 4.79 Å². The zero-order valence-corrected chi connectivity index (χ0v) is 38.8. The Morgan fingerprint density at radius 2 is 1.11 bits per heavy atom. The molecule has 26 atom stereocenters. The molecule has 0 aromatic rings. The number of aliphatic carboxylic acids is 1. The van der Waals surface area contributed by atoms with E-state index in [0.717, 1.165) is 13.8 Å². The lowest BCUT2D eigenvalue weighted by Gasteiger charge is -2.52. The quantitative estimate of drug-likeness (QED) is 0.0448. The molecule has 72 heavy (non-hydrogen) atoms. The van der Waals surface area contributed by atoms with Crippen molar-refractivity contribution in [1.29, 1.82) is 0 Å². The highest BCUT2D eigenvalue weighted by Crippen LogP contribution is 2.41. The van der Waals surface area contributed by atoms with Crippen molar-refractivity contribution >= 4 is 17.8 Å². The molecule has 5 saturated heterocycles. The number of amides is 2. The summed E-state index contributed by atoms with van der Waals surface area (Å²) in [5.74, 6) is -7.21. The van der Waals surface area contributed by atoms with Crippen LogP contribution in [-0.4, -0.2) is 305 Å². The summed E-state index contributed by atoms with van der Waals surface area (Å²) in [4.78, 5) is 38.5. The zero-order chi connectivity index (χ0) is 53.5. The SMILES string of the molecule is CC(=O)N[C@H]1[C@H](O[C@@H]2[C@H](O[C@]3(C(=O)O)C[C@H](O)[C@@H](NC(C)=O)[C@H]([C@@H](O)[C@H](O)CO)O3)[C@@H](O)[C@H](O[C@H]3[C@H](O)[C@@H](O)[C@H](OCCCN)O[C@@H]3CO)O[C@@H]2CO)O[C@H](CO)[C@H](O)[C@@H]1O[C@@H]1O[C@H](CO)[C@H](O)[C@H](O)[C@H]1O. The van der Waals surface area contributed by atoms with Gasteiger partial charge in [0.15, 0.2) is 25.2 Å². The van der Waals surface area contributed by atoms with E-state index in [9.17, 15) is 96.1 Å². The lowest BCUT2D eigenvalue weighted by Crippen LogP contribution is -2.72. The largest absolute Gasteiger partial charge is 0.477 e. The second-order valence-corrected chi connectivity index (χ2v) is 17.8. The normalized spacial score (nSPS) is 44.7. The van der Waals surface area contributed by atoms with Crippen LogP contribution in [0.25, 0.3) is 0 Å². The van der Waals surface area contributed by atoms with Crippen LogP contribution in [0.1, 0.15) is 26.7 Å². The molecule has 0 aromatic carbocycles. The lowest BCUT2D eigenvalue weighted by atomic mass is 9.88. The van der Waals surface area contributed by atoms with Gasteiger partial charge in [-0.3, -0.25) is 9.59 Å². The van der Waals surface area contributed by atoms with Crippen LogP contribution >= 0.6 is 0 Å². The van der Waals surface area contributed by atoms with Crippen LogP contribution in [-0.2, 0) is 61.8 Å². The first-order chi connectivity index (χ1) is 34.0. The molecule has 32 nitrogen and oxygen atoms in total. The van der Waals surface area contributed by atoms with E-state index in [2.05, 4.69) is 10.6 Å². The number of hydrogen-bond acceptors (Lipinski definition) is 29. The summed E-state index contributed by atoms with van der Waals surface area (Å²) < 4.78 is 58.1. The first-order valence-electron chi connectivity index (χ1n) is 22.9. The average molecular weight is 1060 g/mol. The Balaban J connectivity index is 1.60. The Kier molecular flexibility index (Phi) is 22.1. The van der Waals surface area contributed by atoms with E-state index in [1.54, 1.807) is 0 Å². The monoisotopic (exact) mass is 1060 g/mol. The van der Waals surface area contributed by atoms with E-state index in [0.29, 0.717) is 6.42 Å². The van der Waals surface area contributed by atoms with Crippen LogP contribution in [0.5, 0.6) is 0 Å². The topological polar surface area (TPSA) is 517 Å². The molecule has 0 unspecified atom stereocenters. The zero-order valence-electron chi connectivity index (χ0n) is 38.8. The molecule has 32 heteroatoms. The molecule has 0 radical (unpaired) electrons. The van der Waals surface area contributed by atoms with Gasteiger partial charge >= 0.3 is 5.97 Å². The third-order valence-electron chi connectivity index (χ3n) is 12.7. The van der Waals surface area contributed by atoms with Crippen molar-refractivity contribution in [3.8, 4) is 0 Å². The first-order valence-corrected chi connectivity index (χ1v) is 22.9. The molecule has 5 rings (SSSR count). The van der Waals surface area contributed by atoms with Gasteiger partial charge in [0, 0.05) is 20.3 Å². The summed E-state index contributed by atoms with van der Waals surface area (Å²) >= 11 is 0. The van der Waals surface area contributed by atoms with Crippen LogP contribution in [0, 0.1) is 0 Å². The van der Waals surface area contributed by atoms with Crippen molar-refractivity contribution in [1.82, 2.24) is 10.6 Å². The van der Waals surface area contributed by atoms with E-state index in [1.807, 2.05) is 0 Å². The van der Waals surface area contributed by atoms with E-state index in [4.69, 9.17) is 53.1 Å². The lowest BCUT2D eigenvalue weighted by molar-refractivity contribution is -0.403. The van der Waals surface area contributed by atoms with Crippen molar-refractivity contribution in [3.63, 3.8) is 0 Å². The number of ether oxygens (including phenoxy) is 10. The number of nitrogens with one attached hydrogen (secondary N) is 2. The number of nitrogens with two attached hydrogens (primary N) is 1. The van der Waals surface area contributed by atoms with Crippen molar-refractivity contribution in [2.24, 2.45) is 5.73 Å². The number of rotatable bonds is 22. The molecule has 418 valence electrons. The Labute approximate surface area is 409 Å². The Bertz CT molecular complexity index is 1730. The maximum absolute atomic E-state index is 13.5. The molecule has 0 aliphatic carbocycles. The predicted molar refractivity (Wildman–Crippen MR) is 224 cm³/mol. The summed E-state index contributed by atoms with van der Waals surface area (Å²) in [7, 11) is 0. The van der Waals surface area contributed by atoms with E-state index >= 15 is 0 Å². The molecular formula is C40H69N3O29. The summed E-state index contributed by atoms with van der Waals surface area (Å²) in [6.07, 6.45) is -47.1. The van der Waals surface area contributed by atoms with E-state index in [1.165, 1.54) is 0 Å². The summed E-state index contributed by atoms with van der Waals surface area (Å²) in [5.41, 5.74) is 5.50. The van der Waals surface area contributed by atoms with Gasteiger partial charge in [0.1, 0.15) is 116 Å². The number of aliphatic hydroxyl groups is 15. The minimum absolute atomic E-state index is 0.0612. The maximum atomic E-state index is 13.5. The van der Waals surface area contributed by atoms with E-state index in [-0.39, 0.29) is 13.2 Å². The van der Waals surface area contributed by atoms with Crippen LogP contribution in [0.4, 0.5) is 0 Å². The highest BCUT2D eigenvalue weighted by atomic mass is 16.8. The second-order valence-electron chi connectivity index (χ2n) is 17.8. The number of hydrogen-bond donors (Lipinski definition) is 19. The molecule has 20 N–H and O–H groups in total. The van der Waals surface area contributed by atoms with Gasteiger partial charge in [-0.15, -0.1) is 0 Å². The molecule has 0 spiro atoms. The Morgan fingerprint density at radius 1 is 0.611 bits per heavy atom. The fourth-order valence-electron chi connectivity index (χ4n) is 8.94. The van der Waals surface area contributed by atoms with Gasteiger partial charge in [0.2, 0.25) is 11.8 Å². The molecule has 5 aliphatic rings. The van der Waals surface area contributed by atoms with Gasteiger partial charge in [-0.1, -0.05) is 0 Å². The van der Waals surface area contributed by atoms with Crippen molar-refractivity contribution < 1.29 is 143 Å². The number of carboxylic acid groups (broad SMARTS) is 1. The number of carbonyl (C=O) groups excluding carboxylic acids is 2. The molecular weight excluding hydrogens is 986 g/mol. The summed E-state index contributed by atoms with van der Waals surface area (Å²) in [6, 6.07) is -3.59. The molecule has 5 aliphatic heterocycles. The van der Waals surface area contributed by atoms with Gasteiger partial charge < -0.3 is 145 Å². The maximum Gasteiger partial charge on any atom is 0.364 e. The van der Waals surface area contributed by atoms with Crippen LogP contribution < -0.4 is 16.4 Å². The number of aliphatic hydroxyl groups excluding tert-OH is 15. The fraction of sp³-hybridized carbons (Fsp3) is 0.925. The number of carboxylic acids is 1. The molecule has 5 fully saturated rings. The third-order valence-corrected chi connectivity index (χ3v) is 12.7. The Hall–Kier alpha value is -2.63. The minimum atomic E-state index is -3.32. The van der Waals surface area contributed by atoms with Crippen molar-refractivity contribution in [3.05, 3.63) is 0 Å². The summed E-state index contributed by atoms with van der Waals surface area (Å²) in [5, 5.41) is 177. The first kappa shape index (κ1) is 60.2. The van der Waals surface area contributed by atoms with Crippen LogP contribution in [0.2, 0.25) is 0 Å². The molecule has 0 saturated carbocycles. The predicted octanol–water partition coefficient (Wildman–Crippen LogP) is -12.1. The Morgan fingerprint density at radius 3 is 1.68 bits per heavy atom. The third kappa shape index (κ3) is 13.3. The molecule has 2 amide bonds. The van der Waals surface area contributed by atoms with Crippen LogP contribution in [0.15, 0.2) is 0 Å². The molecule has 0 aromatic heterocycles. The van der Waals surface area contributed by atoms with Gasteiger partial charge in [0.05, 0.1) is 51.8 Å². The van der Waals surface area contributed by atoms with Crippen LogP contribution in [0.3, 0.4) is 0 Å². The average Bonchev–Trinajstić information content (AvgIpc) is 3.34. The highest BCUT2D eigenvalue weighted by Gasteiger charge is 2.62. The van der Waals surface area contributed by atoms with Gasteiger partial charge in [-0.05, 0) is 13.0 Å². The van der Waals surface area contributed by atoms with Crippen molar-refractivity contribution in [2.75, 3.05) is 46.2 Å². The van der Waals surface area contributed by atoms with Gasteiger partial charge in [-0.2, -0.15) is 0 Å². The molecule has 0 bridgehead atoms. The number of carbonyl (C=O) groups is 3. The fourth-order valence-corrected chi connectivity index (χ4v) is 8.94. The van der Waals surface area contributed by atoms with E-state index < -0.39 is 216 Å². The second kappa shape index (κ2) is 26.4. The molecule has 5 heterocycles. The standard InChI is InChI=1S/C40H69N3O29/c1-12(49)42-20-14(51)6-40(39(61)62,71-33(20)22(53)15(52)7-44)72-34-29(60)38(68-30-18(10-47)66-36(28(59)26(30)57)63-5-3-4-41)67-19(11-48)31(34)69-35-21(43-13(2)50)32(24(55)17(9-46)64-35)70-37-27(58)25(56)23(54)16(8-45)65-37/h14-38,44-48,51-60H,3-11,41H2,1-2H3,(H,42,49)(H,43,50)(H,61,62)/t14-,15+,16+,17+,18+,19+,20+,21+,22-,23-,24-,25-,26+,27+,28+,29+,30+,31-,32+,33+,34+,35-,36+,37-,38-,40-/m0/s1. The highest BCUT2D eigenvalue weighted by molar-refractivity contribution is 5.76. The smallest absolute Gasteiger partial charge is 0.364 e. The minimum Gasteiger partial charge on any atom is -0.477 e.